The Kier molecular flexibility index (Phi) is 3.29. The van der Waals surface area contributed by atoms with Crippen molar-refractivity contribution in [1.29, 1.82) is 0 Å². The Bertz CT molecular complexity index is 845. The summed E-state index contributed by atoms with van der Waals surface area (Å²) in [6.07, 6.45) is 0. The van der Waals surface area contributed by atoms with E-state index in [0.717, 1.165) is 18.2 Å². The Morgan fingerprint density at radius 3 is 2.24 bits per heavy atom. The van der Waals surface area contributed by atoms with Crippen molar-refractivity contribution in [2.45, 2.75) is 6.92 Å². The minimum Gasteiger partial charge on any atom is -0.228 e. The highest BCUT2D eigenvalue weighted by Gasteiger charge is 2.12. The number of aromatic nitrogens is 2. The SMILES string of the molecule is Cc1cc2c(Cl)nc(-c3cc(F)cc(F)c3)nc2cc1F. The molecular formula is C15H8ClF3N2. The van der Waals surface area contributed by atoms with Crippen molar-refractivity contribution in [3.63, 3.8) is 0 Å². The van der Waals surface area contributed by atoms with E-state index in [-0.39, 0.29) is 22.1 Å². The number of nitrogens with zero attached hydrogens (tertiary/aromatic N) is 2. The van der Waals surface area contributed by atoms with Crippen molar-refractivity contribution < 1.29 is 13.2 Å². The van der Waals surface area contributed by atoms with Crippen LogP contribution in [0.25, 0.3) is 22.3 Å². The highest BCUT2D eigenvalue weighted by molar-refractivity contribution is 6.34. The molecule has 0 saturated heterocycles. The Hall–Kier alpha value is -2.14. The second-order valence-corrected chi connectivity index (χ2v) is 4.97. The summed E-state index contributed by atoms with van der Waals surface area (Å²) in [5.74, 6) is -1.90. The van der Waals surface area contributed by atoms with Gasteiger partial charge in [0.2, 0.25) is 0 Å². The monoisotopic (exact) mass is 308 g/mol. The summed E-state index contributed by atoms with van der Waals surface area (Å²) in [6.45, 7) is 1.60. The lowest BCUT2D eigenvalue weighted by atomic mass is 10.1. The summed E-state index contributed by atoms with van der Waals surface area (Å²) in [4.78, 5) is 8.14. The quantitative estimate of drug-likeness (QED) is 0.610. The van der Waals surface area contributed by atoms with E-state index in [1.54, 1.807) is 6.92 Å². The molecule has 0 atom stereocenters. The standard InChI is InChI=1S/C15H8ClF3N2/c1-7-2-11-13(6-12(7)19)20-15(21-14(11)16)8-3-9(17)5-10(18)4-8/h2-6H,1H3. The van der Waals surface area contributed by atoms with E-state index < -0.39 is 17.5 Å². The molecular weight excluding hydrogens is 301 g/mol. The maximum Gasteiger partial charge on any atom is 0.161 e. The summed E-state index contributed by atoms with van der Waals surface area (Å²) in [5.41, 5.74) is 0.826. The molecule has 0 aliphatic carbocycles. The van der Waals surface area contributed by atoms with Crippen molar-refractivity contribution >= 4 is 22.5 Å². The van der Waals surface area contributed by atoms with Gasteiger partial charge in [-0.3, -0.25) is 0 Å². The predicted octanol–water partition coefficient (Wildman–Crippen LogP) is 4.68. The molecule has 1 aromatic heterocycles. The fourth-order valence-corrected chi connectivity index (χ4v) is 2.26. The van der Waals surface area contributed by atoms with Gasteiger partial charge >= 0.3 is 0 Å². The van der Waals surface area contributed by atoms with Gasteiger partial charge < -0.3 is 0 Å². The van der Waals surface area contributed by atoms with Crippen molar-refractivity contribution in [2.75, 3.05) is 0 Å². The Morgan fingerprint density at radius 2 is 1.57 bits per heavy atom. The van der Waals surface area contributed by atoms with Crippen molar-refractivity contribution in [2.24, 2.45) is 0 Å². The highest BCUT2D eigenvalue weighted by Crippen LogP contribution is 2.27. The third-order valence-corrected chi connectivity index (χ3v) is 3.34. The molecule has 0 bridgehead atoms. The van der Waals surface area contributed by atoms with Gasteiger partial charge in [0.15, 0.2) is 5.82 Å². The molecule has 2 nitrogen and oxygen atoms in total. The Balaban J connectivity index is 2.27. The zero-order chi connectivity index (χ0) is 15.1. The average Bonchev–Trinajstić information content (AvgIpc) is 2.40. The first-order chi connectivity index (χ1) is 9.94. The molecule has 0 N–H and O–H groups in total. The normalized spacial score (nSPS) is 11.1. The summed E-state index contributed by atoms with van der Waals surface area (Å²) in [5, 5.41) is 0.582. The van der Waals surface area contributed by atoms with E-state index in [9.17, 15) is 13.2 Å². The molecule has 0 amide bonds. The summed E-state index contributed by atoms with van der Waals surface area (Å²) < 4.78 is 40.1. The lowest BCUT2D eigenvalue weighted by molar-refractivity contribution is 0.584. The van der Waals surface area contributed by atoms with Crippen molar-refractivity contribution in [3.05, 3.63) is 58.5 Å². The molecule has 0 aliphatic rings. The van der Waals surface area contributed by atoms with Crippen LogP contribution in [0.3, 0.4) is 0 Å². The van der Waals surface area contributed by atoms with Crippen molar-refractivity contribution in [3.8, 4) is 11.4 Å². The number of fused-ring (bicyclic) bond motifs is 1. The molecule has 3 aromatic rings. The molecule has 21 heavy (non-hydrogen) atoms. The first kappa shape index (κ1) is 13.8. The largest absolute Gasteiger partial charge is 0.228 e. The second-order valence-electron chi connectivity index (χ2n) is 4.61. The topological polar surface area (TPSA) is 25.8 Å². The van der Waals surface area contributed by atoms with E-state index in [2.05, 4.69) is 9.97 Å². The van der Waals surface area contributed by atoms with Crippen LogP contribution in [0.5, 0.6) is 0 Å². The number of hydrogen-bond donors (Lipinski definition) is 0. The van der Waals surface area contributed by atoms with Gasteiger partial charge in [-0.1, -0.05) is 11.6 Å². The van der Waals surface area contributed by atoms with Crippen molar-refractivity contribution in [1.82, 2.24) is 9.97 Å². The van der Waals surface area contributed by atoms with Crippen LogP contribution in [-0.4, -0.2) is 9.97 Å². The zero-order valence-electron chi connectivity index (χ0n) is 10.8. The maximum absolute atomic E-state index is 13.6. The van der Waals surface area contributed by atoms with Gasteiger partial charge in [-0.25, -0.2) is 23.1 Å². The third kappa shape index (κ3) is 2.56. The zero-order valence-corrected chi connectivity index (χ0v) is 11.5. The highest BCUT2D eigenvalue weighted by atomic mass is 35.5. The van der Waals surface area contributed by atoms with E-state index in [1.165, 1.54) is 12.1 Å². The number of hydrogen-bond acceptors (Lipinski definition) is 2. The fraction of sp³-hybridized carbons (Fsp3) is 0.0667. The fourth-order valence-electron chi connectivity index (χ4n) is 2.03. The number of benzene rings is 2. The summed E-state index contributed by atoms with van der Waals surface area (Å²) >= 11 is 6.05. The first-order valence-corrected chi connectivity index (χ1v) is 6.42. The van der Waals surface area contributed by atoms with Gasteiger partial charge in [0, 0.05) is 23.1 Å². The van der Waals surface area contributed by atoms with E-state index in [0.29, 0.717) is 10.9 Å². The van der Waals surface area contributed by atoms with Crippen LogP contribution in [-0.2, 0) is 0 Å². The van der Waals surface area contributed by atoms with Gasteiger partial charge in [0.1, 0.15) is 22.6 Å². The molecule has 0 saturated carbocycles. The van der Waals surface area contributed by atoms with Crippen LogP contribution in [0.1, 0.15) is 5.56 Å². The van der Waals surface area contributed by atoms with Crippen LogP contribution in [0.15, 0.2) is 30.3 Å². The number of rotatable bonds is 1. The molecule has 3 rings (SSSR count). The first-order valence-electron chi connectivity index (χ1n) is 6.04. The Labute approximate surface area is 123 Å². The van der Waals surface area contributed by atoms with Gasteiger partial charge in [-0.2, -0.15) is 0 Å². The summed E-state index contributed by atoms with van der Waals surface area (Å²) in [6, 6.07) is 5.67. The van der Waals surface area contributed by atoms with E-state index in [1.807, 2.05) is 0 Å². The van der Waals surface area contributed by atoms with E-state index >= 15 is 0 Å². The van der Waals surface area contributed by atoms with Gasteiger partial charge in [-0.15, -0.1) is 0 Å². The molecule has 2 aromatic carbocycles. The Morgan fingerprint density at radius 1 is 0.905 bits per heavy atom. The maximum atomic E-state index is 13.6. The summed E-state index contributed by atoms with van der Waals surface area (Å²) in [7, 11) is 0. The molecule has 0 spiro atoms. The van der Waals surface area contributed by atoms with Crippen LogP contribution < -0.4 is 0 Å². The molecule has 106 valence electrons. The molecule has 0 fully saturated rings. The van der Waals surface area contributed by atoms with Gasteiger partial charge in [0.25, 0.3) is 0 Å². The van der Waals surface area contributed by atoms with Crippen LogP contribution in [0.2, 0.25) is 5.15 Å². The van der Waals surface area contributed by atoms with Gasteiger partial charge in [-0.05, 0) is 30.7 Å². The average molecular weight is 309 g/mol. The predicted molar refractivity (Wildman–Crippen MR) is 74.6 cm³/mol. The number of aryl methyl sites for hydroxylation is 1. The third-order valence-electron chi connectivity index (χ3n) is 3.05. The van der Waals surface area contributed by atoms with E-state index in [4.69, 9.17) is 11.6 Å². The molecule has 0 aliphatic heterocycles. The molecule has 1 heterocycles. The molecule has 0 unspecified atom stereocenters. The minimum absolute atomic E-state index is 0.0363. The smallest absolute Gasteiger partial charge is 0.161 e. The van der Waals surface area contributed by atoms with Crippen LogP contribution >= 0.6 is 11.6 Å². The minimum atomic E-state index is -0.750. The van der Waals surface area contributed by atoms with Crippen LogP contribution in [0, 0.1) is 24.4 Å². The molecule has 0 radical (unpaired) electrons. The lowest BCUT2D eigenvalue weighted by Gasteiger charge is -2.06. The van der Waals surface area contributed by atoms with Gasteiger partial charge in [0.05, 0.1) is 5.52 Å². The van der Waals surface area contributed by atoms with Crippen LogP contribution in [0.4, 0.5) is 13.2 Å². The lowest BCUT2D eigenvalue weighted by Crippen LogP contribution is -1.95. The molecule has 6 heteroatoms. The second kappa shape index (κ2) is 5.00. The number of halogens is 4.